The van der Waals surface area contributed by atoms with E-state index in [1.807, 2.05) is 31.2 Å². The van der Waals surface area contributed by atoms with Crippen molar-refractivity contribution in [2.45, 2.75) is 39.3 Å². The predicted octanol–water partition coefficient (Wildman–Crippen LogP) is 2.12. The first-order valence-electron chi connectivity index (χ1n) is 8.80. The molecule has 1 fully saturated rings. The fraction of sp³-hybridized carbons (Fsp3) is 0.611. The van der Waals surface area contributed by atoms with Gasteiger partial charge in [0.15, 0.2) is 9.84 Å². The zero-order valence-corrected chi connectivity index (χ0v) is 15.8. The lowest BCUT2D eigenvalue weighted by molar-refractivity contribution is 0.0795. The number of hydrogen-bond acceptors (Lipinski definition) is 4. The number of ether oxygens (including phenoxy) is 1. The average Bonchev–Trinajstić information content (AvgIpc) is 3.09. The van der Waals surface area contributed by atoms with Crippen molar-refractivity contribution in [3.63, 3.8) is 0 Å². The van der Waals surface area contributed by atoms with E-state index in [1.54, 1.807) is 11.8 Å². The number of rotatable bonds is 8. The second kappa shape index (κ2) is 9.20. The Morgan fingerprint density at radius 1 is 1.36 bits per heavy atom. The first-order valence-corrected chi connectivity index (χ1v) is 10.6. The highest BCUT2D eigenvalue weighted by Gasteiger charge is 2.23. The number of aryl methyl sites for hydroxylation is 1. The summed E-state index contributed by atoms with van der Waals surface area (Å²) >= 11 is 0. The van der Waals surface area contributed by atoms with E-state index < -0.39 is 9.84 Å². The second-order valence-corrected chi connectivity index (χ2v) is 8.88. The fourth-order valence-electron chi connectivity index (χ4n) is 2.82. The van der Waals surface area contributed by atoms with Crippen LogP contribution in [0.1, 0.15) is 30.9 Å². The minimum absolute atomic E-state index is 0.0344. The number of sulfone groups is 1. The van der Waals surface area contributed by atoms with Gasteiger partial charge in [-0.15, -0.1) is 0 Å². The predicted molar refractivity (Wildman–Crippen MR) is 98.3 cm³/mol. The van der Waals surface area contributed by atoms with E-state index >= 15 is 0 Å². The highest BCUT2D eigenvalue weighted by atomic mass is 32.2. The highest BCUT2D eigenvalue weighted by Crippen LogP contribution is 2.16. The van der Waals surface area contributed by atoms with Crippen molar-refractivity contribution >= 4 is 15.9 Å². The number of nitrogens with one attached hydrogen (secondary N) is 1. The van der Waals surface area contributed by atoms with Crippen LogP contribution in [-0.2, 0) is 21.1 Å². The Balaban J connectivity index is 1.99. The number of benzene rings is 1. The van der Waals surface area contributed by atoms with Crippen molar-refractivity contribution in [3.05, 3.63) is 35.4 Å². The molecule has 140 valence electrons. The zero-order valence-electron chi connectivity index (χ0n) is 15.0. The summed E-state index contributed by atoms with van der Waals surface area (Å²) in [6.45, 7) is 5.49. The standard InChI is InChI=1S/C18H28N2O4S/c1-3-25(22,23)12-10-19-18(21)20(14-17-9-6-11-24-17)13-16-8-5-4-7-15(16)2/h4-5,7-8,17H,3,6,9-14H2,1-2H3,(H,19,21). The van der Waals surface area contributed by atoms with Gasteiger partial charge in [-0.1, -0.05) is 31.2 Å². The summed E-state index contributed by atoms with van der Waals surface area (Å²) in [6, 6.07) is 7.71. The van der Waals surface area contributed by atoms with Gasteiger partial charge in [0.05, 0.1) is 11.9 Å². The minimum Gasteiger partial charge on any atom is -0.376 e. The molecule has 1 aromatic carbocycles. The van der Waals surface area contributed by atoms with Crippen LogP contribution in [0.5, 0.6) is 0 Å². The minimum atomic E-state index is -3.09. The van der Waals surface area contributed by atoms with Crippen LogP contribution in [0.3, 0.4) is 0 Å². The van der Waals surface area contributed by atoms with Crippen LogP contribution >= 0.6 is 0 Å². The van der Waals surface area contributed by atoms with Gasteiger partial charge >= 0.3 is 6.03 Å². The van der Waals surface area contributed by atoms with Gasteiger partial charge in [0.25, 0.3) is 0 Å². The smallest absolute Gasteiger partial charge is 0.317 e. The van der Waals surface area contributed by atoms with Crippen molar-refractivity contribution in [1.29, 1.82) is 0 Å². The Kier molecular flexibility index (Phi) is 7.25. The summed E-state index contributed by atoms with van der Waals surface area (Å²) in [5.74, 6) is 0.0546. The Bertz CT molecular complexity index is 669. The van der Waals surface area contributed by atoms with Gasteiger partial charge in [0.1, 0.15) is 0 Å². The summed E-state index contributed by atoms with van der Waals surface area (Å²) < 4.78 is 28.8. The monoisotopic (exact) mass is 368 g/mol. The summed E-state index contributed by atoms with van der Waals surface area (Å²) in [5, 5.41) is 2.74. The quantitative estimate of drug-likeness (QED) is 0.763. The van der Waals surface area contributed by atoms with E-state index in [0.29, 0.717) is 13.1 Å². The maximum Gasteiger partial charge on any atom is 0.317 e. The molecule has 2 amide bonds. The number of nitrogens with zero attached hydrogens (tertiary/aromatic N) is 1. The molecule has 1 unspecified atom stereocenters. The summed E-state index contributed by atoms with van der Waals surface area (Å²) in [4.78, 5) is 14.3. The van der Waals surface area contributed by atoms with Crippen LogP contribution in [0.4, 0.5) is 4.79 Å². The largest absolute Gasteiger partial charge is 0.376 e. The molecule has 0 aromatic heterocycles. The van der Waals surface area contributed by atoms with Crippen LogP contribution in [-0.4, -0.2) is 56.7 Å². The molecule has 0 radical (unpaired) electrons. The molecule has 1 heterocycles. The number of urea groups is 1. The van der Waals surface area contributed by atoms with Crippen LogP contribution in [0, 0.1) is 6.92 Å². The van der Waals surface area contributed by atoms with Gasteiger partial charge in [0, 0.05) is 32.0 Å². The molecule has 0 bridgehead atoms. The molecule has 2 rings (SSSR count). The number of carbonyl (C=O) groups excluding carboxylic acids is 1. The van der Waals surface area contributed by atoms with Crippen molar-refractivity contribution in [1.82, 2.24) is 10.2 Å². The molecule has 25 heavy (non-hydrogen) atoms. The Morgan fingerprint density at radius 3 is 2.76 bits per heavy atom. The lowest BCUT2D eigenvalue weighted by atomic mass is 10.1. The van der Waals surface area contributed by atoms with E-state index in [1.165, 1.54) is 0 Å². The summed E-state index contributed by atoms with van der Waals surface area (Å²) in [7, 11) is -3.09. The molecule has 0 saturated carbocycles. The summed E-state index contributed by atoms with van der Waals surface area (Å²) in [6.07, 6.45) is 2.01. The van der Waals surface area contributed by atoms with Crippen LogP contribution in [0.25, 0.3) is 0 Å². The molecule has 1 aromatic rings. The van der Waals surface area contributed by atoms with Gasteiger partial charge in [-0.25, -0.2) is 13.2 Å². The SMILES string of the molecule is CCS(=O)(=O)CCNC(=O)N(Cc1ccccc1C)CC1CCCO1. The molecule has 0 spiro atoms. The lowest BCUT2D eigenvalue weighted by Gasteiger charge is -2.26. The molecular weight excluding hydrogens is 340 g/mol. The van der Waals surface area contributed by atoms with Crippen molar-refractivity contribution in [3.8, 4) is 0 Å². The van der Waals surface area contributed by atoms with Gasteiger partial charge in [-0.2, -0.15) is 0 Å². The van der Waals surface area contributed by atoms with Crippen LogP contribution in [0.15, 0.2) is 24.3 Å². The maximum atomic E-state index is 12.6. The lowest BCUT2D eigenvalue weighted by Crippen LogP contribution is -2.44. The molecule has 7 heteroatoms. The molecule has 1 saturated heterocycles. The molecular formula is C18H28N2O4S. The third kappa shape index (κ3) is 6.32. The van der Waals surface area contributed by atoms with E-state index in [-0.39, 0.29) is 30.2 Å². The van der Waals surface area contributed by atoms with Crippen molar-refractivity contribution in [2.24, 2.45) is 0 Å². The second-order valence-electron chi connectivity index (χ2n) is 6.41. The van der Waals surface area contributed by atoms with Crippen LogP contribution in [0.2, 0.25) is 0 Å². The van der Waals surface area contributed by atoms with Gasteiger partial charge < -0.3 is 15.0 Å². The molecule has 0 aliphatic carbocycles. The Hall–Kier alpha value is -1.60. The fourth-order valence-corrected chi connectivity index (χ4v) is 3.52. The van der Waals surface area contributed by atoms with Gasteiger partial charge in [0.2, 0.25) is 0 Å². The van der Waals surface area contributed by atoms with E-state index in [0.717, 1.165) is 30.6 Å². The first-order chi connectivity index (χ1) is 11.9. The number of carbonyl (C=O) groups is 1. The topological polar surface area (TPSA) is 75.7 Å². The van der Waals surface area contributed by atoms with Crippen molar-refractivity contribution in [2.75, 3.05) is 31.2 Å². The van der Waals surface area contributed by atoms with E-state index in [4.69, 9.17) is 4.74 Å². The molecule has 1 aliphatic rings. The number of hydrogen-bond donors (Lipinski definition) is 1. The molecule has 6 nitrogen and oxygen atoms in total. The Labute approximate surface area is 150 Å². The molecule has 1 atom stereocenters. The van der Waals surface area contributed by atoms with Gasteiger partial charge in [-0.05, 0) is 30.9 Å². The third-order valence-corrected chi connectivity index (χ3v) is 6.19. The average molecular weight is 368 g/mol. The molecule has 1 aliphatic heterocycles. The number of amides is 2. The maximum absolute atomic E-state index is 12.6. The summed E-state index contributed by atoms with van der Waals surface area (Å²) in [5.41, 5.74) is 2.21. The van der Waals surface area contributed by atoms with Crippen LogP contribution < -0.4 is 5.32 Å². The Morgan fingerprint density at radius 2 is 2.12 bits per heavy atom. The van der Waals surface area contributed by atoms with E-state index in [9.17, 15) is 13.2 Å². The van der Waals surface area contributed by atoms with Crippen molar-refractivity contribution < 1.29 is 17.9 Å². The highest BCUT2D eigenvalue weighted by molar-refractivity contribution is 7.91. The van der Waals surface area contributed by atoms with E-state index in [2.05, 4.69) is 5.32 Å². The normalized spacial score (nSPS) is 17.4. The third-order valence-electron chi connectivity index (χ3n) is 4.49. The first kappa shape index (κ1) is 19.7. The zero-order chi connectivity index (χ0) is 18.3. The van der Waals surface area contributed by atoms with Gasteiger partial charge in [-0.3, -0.25) is 0 Å². The molecule has 1 N–H and O–H groups in total.